The highest BCUT2D eigenvalue weighted by Gasteiger charge is 2.53. The van der Waals surface area contributed by atoms with Crippen LogP contribution in [0.2, 0.25) is 0 Å². The van der Waals surface area contributed by atoms with Gasteiger partial charge in [0.1, 0.15) is 6.04 Å². The molecule has 0 radical (unpaired) electrons. The fraction of sp³-hybridized carbons (Fsp3) is 0.294. The van der Waals surface area contributed by atoms with Crippen molar-refractivity contribution in [2.24, 2.45) is 0 Å². The average molecular weight is 299 g/mol. The number of β-lactam (4-membered cyclic amide) rings is 1. The zero-order valence-corrected chi connectivity index (χ0v) is 12.4. The molecule has 0 N–H and O–H groups in total. The van der Waals surface area contributed by atoms with E-state index in [4.69, 9.17) is 9.15 Å². The standard InChI is InChI=1S/C17H17NO4/c1-11(13-6-4-3-5-7-13)18-15(14-8-9-21-10-14)16(17(18)20)22-12(2)19/h3-11,15-16H,1-2H3/t11?,15?,16-/m0/s1. The maximum absolute atomic E-state index is 12.4. The van der Waals surface area contributed by atoms with E-state index in [1.807, 2.05) is 37.3 Å². The number of hydrogen-bond acceptors (Lipinski definition) is 4. The van der Waals surface area contributed by atoms with Gasteiger partial charge < -0.3 is 14.1 Å². The van der Waals surface area contributed by atoms with Crippen LogP contribution in [-0.4, -0.2) is 22.9 Å². The van der Waals surface area contributed by atoms with Gasteiger partial charge in [0.2, 0.25) is 6.10 Å². The van der Waals surface area contributed by atoms with Crippen molar-refractivity contribution in [3.8, 4) is 0 Å². The summed E-state index contributed by atoms with van der Waals surface area (Å²) in [4.78, 5) is 25.4. The zero-order chi connectivity index (χ0) is 15.7. The molecule has 1 saturated heterocycles. The first kappa shape index (κ1) is 14.4. The molecule has 2 aromatic rings. The van der Waals surface area contributed by atoms with Gasteiger partial charge >= 0.3 is 5.97 Å². The lowest BCUT2D eigenvalue weighted by molar-refractivity contribution is -0.186. The second kappa shape index (κ2) is 5.67. The Morgan fingerprint density at radius 1 is 1.27 bits per heavy atom. The number of amides is 1. The average Bonchev–Trinajstić information content (AvgIpc) is 3.03. The van der Waals surface area contributed by atoms with E-state index in [2.05, 4.69) is 0 Å². The topological polar surface area (TPSA) is 59.8 Å². The Kier molecular flexibility index (Phi) is 3.71. The van der Waals surface area contributed by atoms with Gasteiger partial charge in [-0.1, -0.05) is 30.3 Å². The van der Waals surface area contributed by atoms with Gasteiger partial charge in [-0.15, -0.1) is 0 Å². The summed E-state index contributed by atoms with van der Waals surface area (Å²) in [6.07, 6.45) is 2.35. The molecular weight excluding hydrogens is 282 g/mol. The Bertz CT molecular complexity index is 665. The number of benzene rings is 1. The largest absolute Gasteiger partial charge is 0.472 e. The molecule has 1 aromatic heterocycles. The van der Waals surface area contributed by atoms with Gasteiger partial charge in [-0.3, -0.25) is 9.59 Å². The quantitative estimate of drug-likeness (QED) is 0.643. The highest BCUT2D eigenvalue weighted by Crippen LogP contribution is 2.43. The summed E-state index contributed by atoms with van der Waals surface area (Å²) in [5, 5.41) is 0. The molecule has 2 heterocycles. The second-order valence-corrected chi connectivity index (χ2v) is 5.36. The summed E-state index contributed by atoms with van der Waals surface area (Å²) in [7, 11) is 0. The summed E-state index contributed by atoms with van der Waals surface area (Å²) in [5.74, 6) is -0.642. The number of carbonyl (C=O) groups is 2. The second-order valence-electron chi connectivity index (χ2n) is 5.36. The molecule has 1 amide bonds. The van der Waals surface area contributed by atoms with Crippen LogP contribution in [0.25, 0.3) is 0 Å². The van der Waals surface area contributed by atoms with Crippen LogP contribution in [0.3, 0.4) is 0 Å². The van der Waals surface area contributed by atoms with Crippen molar-refractivity contribution in [1.29, 1.82) is 0 Å². The summed E-state index contributed by atoms with van der Waals surface area (Å²) in [6, 6.07) is 11.1. The molecule has 1 aliphatic heterocycles. The highest BCUT2D eigenvalue weighted by atomic mass is 16.6. The Labute approximate surface area is 128 Å². The Balaban J connectivity index is 1.89. The van der Waals surface area contributed by atoms with Crippen molar-refractivity contribution in [2.75, 3.05) is 0 Å². The number of carbonyl (C=O) groups excluding carboxylic acids is 2. The lowest BCUT2D eigenvalue weighted by Crippen LogP contribution is -2.60. The van der Waals surface area contributed by atoms with Gasteiger partial charge in [-0.25, -0.2) is 0 Å². The maximum Gasteiger partial charge on any atom is 0.303 e. The third kappa shape index (κ3) is 2.39. The Morgan fingerprint density at radius 3 is 2.59 bits per heavy atom. The van der Waals surface area contributed by atoms with Crippen molar-refractivity contribution in [3.05, 3.63) is 60.1 Å². The molecule has 1 aromatic carbocycles. The normalized spacial score (nSPS) is 22.1. The van der Waals surface area contributed by atoms with E-state index < -0.39 is 12.1 Å². The fourth-order valence-electron chi connectivity index (χ4n) is 2.88. The van der Waals surface area contributed by atoms with Crippen molar-refractivity contribution in [2.45, 2.75) is 32.0 Å². The van der Waals surface area contributed by atoms with Crippen LogP contribution in [0.15, 0.2) is 53.3 Å². The summed E-state index contributed by atoms with van der Waals surface area (Å²) >= 11 is 0. The van der Waals surface area contributed by atoms with Crippen molar-refractivity contribution >= 4 is 11.9 Å². The van der Waals surface area contributed by atoms with Crippen LogP contribution in [0.4, 0.5) is 0 Å². The van der Waals surface area contributed by atoms with E-state index in [1.54, 1.807) is 23.5 Å². The molecule has 114 valence electrons. The molecule has 3 rings (SSSR count). The predicted molar refractivity (Wildman–Crippen MR) is 78.7 cm³/mol. The highest BCUT2D eigenvalue weighted by molar-refractivity contribution is 5.91. The van der Waals surface area contributed by atoms with E-state index in [-0.39, 0.29) is 18.0 Å². The van der Waals surface area contributed by atoms with Gasteiger partial charge in [-0.05, 0) is 18.6 Å². The minimum Gasteiger partial charge on any atom is -0.472 e. The predicted octanol–water partition coefficient (Wildman–Crippen LogP) is 2.86. The first-order valence-corrected chi connectivity index (χ1v) is 7.16. The number of hydrogen-bond donors (Lipinski definition) is 0. The number of ether oxygens (including phenoxy) is 1. The van der Waals surface area contributed by atoms with Gasteiger partial charge in [-0.2, -0.15) is 0 Å². The number of nitrogens with zero attached hydrogens (tertiary/aromatic N) is 1. The number of esters is 1. The zero-order valence-electron chi connectivity index (χ0n) is 12.4. The molecule has 3 atom stereocenters. The van der Waals surface area contributed by atoms with Gasteiger partial charge in [0.15, 0.2) is 0 Å². The van der Waals surface area contributed by atoms with Crippen molar-refractivity contribution < 1.29 is 18.7 Å². The van der Waals surface area contributed by atoms with Crippen LogP contribution in [-0.2, 0) is 14.3 Å². The van der Waals surface area contributed by atoms with Crippen LogP contribution in [0, 0.1) is 0 Å². The molecule has 22 heavy (non-hydrogen) atoms. The van der Waals surface area contributed by atoms with E-state index in [0.717, 1.165) is 11.1 Å². The lowest BCUT2D eigenvalue weighted by Gasteiger charge is -2.48. The van der Waals surface area contributed by atoms with Crippen molar-refractivity contribution in [3.63, 3.8) is 0 Å². The molecule has 0 saturated carbocycles. The Morgan fingerprint density at radius 2 is 2.00 bits per heavy atom. The number of rotatable bonds is 4. The molecule has 1 aliphatic rings. The lowest BCUT2D eigenvalue weighted by atomic mass is 9.88. The fourth-order valence-corrected chi connectivity index (χ4v) is 2.88. The van der Waals surface area contributed by atoms with Crippen LogP contribution < -0.4 is 0 Å². The van der Waals surface area contributed by atoms with E-state index in [1.165, 1.54) is 6.92 Å². The van der Waals surface area contributed by atoms with Crippen LogP contribution >= 0.6 is 0 Å². The number of likely N-dealkylation sites (tertiary alicyclic amines) is 1. The van der Waals surface area contributed by atoms with Gasteiger partial charge in [0, 0.05) is 12.5 Å². The molecule has 0 aliphatic carbocycles. The molecule has 1 fully saturated rings. The smallest absolute Gasteiger partial charge is 0.303 e. The minimum absolute atomic E-state index is 0.111. The third-order valence-electron chi connectivity index (χ3n) is 3.96. The van der Waals surface area contributed by atoms with Crippen LogP contribution in [0.5, 0.6) is 0 Å². The first-order chi connectivity index (χ1) is 10.6. The third-order valence-corrected chi connectivity index (χ3v) is 3.96. The maximum atomic E-state index is 12.4. The molecule has 5 nitrogen and oxygen atoms in total. The molecule has 5 heteroatoms. The Hall–Kier alpha value is -2.56. The number of furan rings is 1. The van der Waals surface area contributed by atoms with Crippen molar-refractivity contribution in [1.82, 2.24) is 4.90 Å². The summed E-state index contributed by atoms with van der Waals surface area (Å²) in [5.41, 5.74) is 1.86. The summed E-state index contributed by atoms with van der Waals surface area (Å²) < 4.78 is 10.3. The van der Waals surface area contributed by atoms with E-state index >= 15 is 0 Å². The van der Waals surface area contributed by atoms with Gasteiger partial charge in [0.05, 0.1) is 18.6 Å². The first-order valence-electron chi connectivity index (χ1n) is 7.16. The molecule has 0 spiro atoms. The molecular formula is C17H17NO4. The molecule has 2 unspecified atom stereocenters. The monoisotopic (exact) mass is 299 g/mol. The van der Waals surface area contributed by atoms with E-state index in [0.29, 0.717) is 0 Å². The van der Waals surface area contributed by atoms with E-state index in [9.17, 15) is 9.59 Å². The minimum atomic E-state index is -0.777. The summed E-state index contributed by atoms with van der Waals surface area (Å²) in [6.45, 7) is 3.27. The molecule has 0 bridgehead atoms. The SMILES string of the molecule is CC(=O)O[C@@H]1C(=O)N(C(C)c2ccccc2)C1c1ccoc1. The van der Waals surface area contributed by atoms with Crippen LogP contribution in [0.1, 0.15) is 37.1 Å². The van der Waals surface area contributed by atoms with Gasteiger partial charge in [0.25, 0.3) is 5.91 Å².